The van der Waals surface area contributed by atoms with Crippen molar-refractivity contribution in [1.29, 1.82) is 0 Å². The molecular formula is C28H22O. The Balaban J connectivity index is 1.70. The minimum absolute atomic E-state index is 0.773. The largest absolute Gasteiger partial charge is 0.456 e. The number of para-hydroxylation sites is 2. The van der Waals surface area contributed by atoms with Gasteiger partial charge in [0.15, 0.2) is 0 Å². The molecule has 0 saturated heterocycles. The van der Waals surface area contributed by atoms with E-state index < -0.39 is 0 Å². The van der Waals surface area contributed by atoms with Crippen LogP contribution in [-0.2, 0) is 0 Å². The Kier molecular flexibility index (Phi) is 5.40. The number of benzene rings is 4. The highest BCUT2D eigenvalue weighted by Gasteiger charge is 2.13. The van der Waals surface area contributed by atoms with Crippen molar-refractivity contribution < 1.29 is 4.74 Å². The van der Waals surface area contributed by atoms with Crippen LogP contribution in [0.3, 0.4) is 0 Å². The van der Waals surface area contributed by atoms with Gasteiger partial charge in [-0.2, -0.15) is 0 Å². The molecule has 0 amide bonds. The summed E-state index contributed by atoms with van der Waals surface area (Å²) in [6.45, 7) is 8.61. The highest BCUT2D eigenvalue weighted by atomic mass is 16.5. The lowest BCUT2D eigenvalue weighted by Crippen LogP contribution is -1.96. The molecule has 1 nitrogen and oxygen atoms in total. The second-order valence-corrected chi connectivity index (χ2v) is 6.78. The van der Waals surface area contributed by atoms with Crippen LogP contribution >= 0.6 is 0 Å². The number of hydrogen-bond donors (Lipinski definition) is 0. The predicted octanol–water partition coefficient (Wildman–Crippen LogP) is 7.60. The van der Waals surface area contributed by atoms with Gasteiger partial charge in [0.05, 0.1) is 0 Å². The molecule has 0 aliphatic carbocycles. The van der Waals surface area contributed by atoms with E-state index in [2.05, 4.69) is 37.4 Å². The first-order valence-electron chi connectivity index (χ1n) is 9.59. The molecule has 0 aromatic heterocycles. The van der Waals surface area contributed by atoms with Crippen molar-refractivity contribution in [2.75, 3.05) is 0 Å². The summed E-state index contributed by atoms with van der Waals surface area (Å²) in [7, 11) is 0. The van der Waals surface area contributed by atoms with Gasteiger partial charge in [-0.15, -0.1) is 0 Å². The molecule has 4 rings (SSSR count). The van der Waals surface area contributed by atoms with Gasteiger partial charge in [0.2, 0.25) is 0 Å². The third kappa shape index (κ3) is 4.04. The highest BCUT2D eigenvalue weighted by Crippen LogP contribution is 2.36. The maximum atomic E-state index is 6.40. The molecule has 0 N–H and O–H groups in total. The van der Waals surface area contributed by atoms with Crippen molar-refractivity contribution in [2.45, 2.75) is 0 Å². The van der Waals surface area contributed by atoms with E-state index >= 15 is 0 Å². The van der Waals surface area contributed by atoms with Gasteiger partial charge in [-0.1, -0.05) is 110 Å². The van der Waals surface area contributed by atoms with Crippen LogP contribution in [0.1, 0.15) is 22.3 Å². The second kappa shape index (κ2) is 8.45. The summed E-state index contributed by atoms with van der Waals surface area (Å²) in [4.78, 5) is 0. The van der Waals surface area contributed by atoms with E-state index in [4.69, 9.17) is 4.74 Å². The Labute approximate surface area is 172 Å². The molecule has 0 atom stereocenters. The molecule has 29 heavy (non-hydrogen) atoms. The fourth-order valence-electron chi connectivity index (χ4n) is 3.32. The van der Waals surface area contributed by atoms with Gasteiger partial charge in [-0.3, -0.25) is 0 Å². The average molecular weight is 374 g/mol. The zero-order chi connectivity index (χ0) is 20.1. The summed E-state index contributed by atoms with van der Waals surface area (Å²) >= 11 is 0. The lowest BCUT2D eigenvalue weighted by atomic mass is 9.98. The zero-order valence-electron chi connectivity index (χ0n) is 16.2. The Bertz CT molecular complexity index is 1050. The van der Waals surface area contributed by atoms with Crippen LogP contribution in [0.25, 0.3) is 11.1 Å². The Morgan fingerprint density at radius 3 is 1.21 bits per heavy atom. The number of ether oxygens (including phenoxy) is 1. The van der Waals surface area contributed by atoms with E-state index in [0.29, 0.717) is 0 Å². The lowest BCUT2D eigenvalue weighted by Gasteiger charge is -2.17. The zero-order valence-corrected chi connectivity index (χ0v) is 16.2. The van der Waals surface area contributed by atoms with E-state index in [1.807, 2.05) is 84.9 Å². The molecule has 0 aliphatic rings. The SMILES string of the molecule is C=C(c1ccccc1)c1ccccc1Oc1ccccc1C(=C)c1ccccc1. The Morgan fingerprint density at radius 1 is 0.448 bits per heavy atom. The summed E-state index contributed by atoms with van der Waals surface area (Å²) < 4.78 is 6.40. The molecule has 0 heterocycles. The molecule has 0 spiro atoms. The van der Waals surface area contributed by atoms with Crippen molar-refractivity contribution in [3.05, 3.63) is 145 Å². The second-order valence-electron chi connectivity index (χ2n) is 6.78. The molecule has 0 radical (unpaired) electrons. The highest BCUT2D eigenvalue weighted by molar-refractivity contribution is 5.83. The van der Waals surface area contributed by atoms with Crippen molar-refractivity contribution >= 4 is 11.1 Å². The molecule has 0 aliphatic heterocycles. The van der Waals surface area contributed by atoms with Crippen LogP contribution < -0.4 is 4.74 Å². The molecule has 0 bridgehead atoms. The van der Waals surface area contributed by atoms with Crippen LogP contribution in [0.2, 0.25) is 0 Å². The fourth-order valence-corrected chi connectivity index (χ4v) is 3.32. The first-order chi connectivity index (χ1) is 14.2. The first-order valence-corrected chi connectivity index (χ1v) is 9.59. The molecule has 4 aromatic rings. The molecule has 0 unspecified atom stereocenters. The van der Waals surface area contributed by atoms with E-state index in [1.54, 1.807) is 0 Å². The van der Waals surface area contributed by atoms with Crippen molar-refractivity contribution in [2.24, 2.45) is 0 Å². The standard InChI is InChI=1S/C28H22O/c1-21(23-13-5-3-6-14-23)25-17-9-11-19-27(25)29-28-20-12-10-18-26(28)22(2)24-15-7-4-8-16-24/h3-20H,1-2H2. The lowest BCUT2D eigenvalue weighted by molar-refractivity contribution is 0.480. The third-order valence-corrected chi connectivity index (χ3v) is 4.89. The molecule has 1 heteroatoms. The topological polar surface area (TPSA) is 9.23 Å². The maximum Gasteiger partial charge on any atom is 0.135 e. The normalized spacial score (nSPS) is 10.3. The minimum Gasteiger partial charge on any atom is -0.456 e. The van der Waals surface area contributed by atoms with E-state index in [1.165, 1.54) is 0 Å². The smallest absolute Gasteiger partial charge is 0.135 e. The van der Waals surface area contributed by atoms with E-state index in [9.17, 15) is 0 Å². The monoisotopic (exact) mass is 374 g/mol. The first kappa shape index (κ1) is 18.5. The van der Waals surface area contributed by atoms with E-state index in [-0.39, 0.29) is 0 Å². The van der Waals surface area contributed by atoms with Crippen molar-refractivity contribution in [3.63, 3.8) is 0 Å². The Hall–Kier alpha value is -3.84. The van der Waals surface area contributed by atoms with Crippen LogP contribution in [0.4, 0.5) is 0 Å². The van der Waals surface area contributed by atoms with Gasteiger partial charge < -0.3 is 4.74 Å². The number of rotatable bonds is 6. The van der Waals surface area contributed by atoms with Gasteiger partial charge in [0.1, 0.15) is 11.5 Å². The van der Waals surface area contributed by atoms with Gasteiger partial charge in [0.25, 0.3) is 0 Å². The van der Waals surface area contributed by atoms with Gasteiger partial charge in [-0.05, 0) is 34.4 Å². The van der Waals surface area contributed by atoms with Gasteiger partial charge >= 0.3 is 0 Å². The molecule has 4 aromatic carbocycles. The Morgan fingerprint density at radius 2 is 0.793 bits per heavy atom. The van der Waals surface area contributed by atoms with Crippen LogP contribution in [-0.4, -0.2) is 0 Å². The van der Waals surface area contributed by atoms with E-state index in [0.717, 1.165) is 44.9 Å². The summed E-state index contributed by atoms with van der Waals surface area (Å²) in [5, 5.41) is 0. The van der Waals surface area contributed by atoms with Crippen molar-refractivity contribution in [1.82, 2.24) is 0 Å². The molecular weight excluding hydrogens is 352 g/mol. The van der Waals surface area contributed by atoms with Crippen LogP contribution in [0.15, 0.2) is 122 Å². The molecule has 140 valence electrons. The van der Waals surface area contributed by atoms with Gasteiger partial charge in [0, 0.05) is 11.1 Å². The van der Waals surface area contributed by atoms with Crippen molar-refractivity contribution in [3.8, 4) is 11.5 Å². The average Bonchev–Trinajstić information content (AvgIpc) is 2.80. The summed E-state index contributed by atoms with van der Waals surface area (Å²) in [5.41, 5.74) is 5.95. The number of hydrogen-bond acceptors (Lipinski definition) is 1. The molecule has 0 saturated carbocycles. The minimum atomic E-state index is 0.773. The molecule has 0 fully saturated rings. The third-order valence-electron chi connectivity index (χ3n) is 4.89. The maximum absolute atomic E-state index is 6.40. The quantitative estimate of drug-likeness (QED) is 0.337. The summed E-state index contributed by atoms with van der Waals surface area (Å²) in [6, 6.07) is 36.3. The predicted molar refractivity (Wildman–Crippen MR) is 122 cm³/mol. The summed E-state index contributed by atoms with van der Waals surface area (Å²) in [6.07, 6.45) is 0. The van der Waals surface area contributed by atoms with Crippen LogP contribution in [0.5, 0.6) is 11.5 Å². The summed E-state index contributed by atoms with van der Waals surface area (Å²) in [5.74, 6) is 1.55. The van der Waals surface area contributed by atoms with Gasteiger partial charge in [-0.25, -0.2) is 0 Å². The fraction of sp³-hybridized carbons (Fsp3) is 0. The van der Waals surface area contributed by atoms with Crippen LogP contribution in [0, 0.1) is 0 Å².